The van der Waals surface area contributed by atoms with Crippen LogP contribution in [0.5, 0.6) is 0 Å². The highest BCUT2D eigenvalue weighted by atomic mass is 16.5. The van der Waals surface area contributed by atoms with E-state index in [1.807, 2.05) is 18.2 Å². The van der Waals surface area contributed by atoms with E-state index >= 15 is 0 Å². The Morgan fingerprint density at radius 3 is 2.75 bits per heavy atom. The van der Waals surface area contributed by atoms with E-state index in [9.17, 15) is 4.79 Å². The number of carbonyl (C=O) groups is 1. The first-order valence-electron chi connectivity index (χ1n) is 6.71. The minimum absolute atomic E-state index is 0.136. The van der Waals surface area contributed by atoms with Gasteiger partial charge in [0, 0.05) is 31.0 Å². The second kappa shape index (κ2) is 5.88. The van der Waals surface area contributed by atoms with E-state index in [1.54, 1.807) is 18.5 Å². The van der Waals surface area contributed by atoms with Crippen LogP contribution in [0.15, 0.2) is 41.1 Å². The number of carbonyl (C=O) groups excluding carboxylic acids is 1. The number of hydrogen-bond donors (Lipinski definition) is 1. The van der Waals surface area contributed by atoms with Gasteiger partial charge in [-0.2, -0.15) is 0 Å². The predicted octanol–water partition coefficient (Wildman–Crippen LogP) is 2.25. The number of nitrogens with zero attached hydrogens (tertiary/aromatic N) is 1. The van der Waals surface area contributed by atoms with Gasteiger partial charge in [0.1, 0.15) is 11.5 Å². The van der Waals surface area contributed by atoms with Gasteiger partial charge in [0.2, 0.25) is 0 Å². The average Bonchev–Trinajstić information content (AvgIpc) is 3.03. The molecule has 2 aromatic heterocycles. The van der Waals surface area contributed by atoms with Crippen molar-refractivity contribution in [1.29, 1.82) is 0 Å². The lowest BCUT2D eigenvalue weighted by Gasteiger charge is -2.22. The zero-order valence-corrected chi connectivity index (χ0v) is 11.0. The lowest BCUT2D eigenvalue weighted by Crippen LogP contribution is -2.39. The second-order valence-electron chi connectivity index (χ2n) is 4.77. The van der Waals surface area contributed by atoms with Gasteiger partial charge in [-0.25, -0.2) is 0 Å². The maximum atomic E-state index is 12.1. The molecular weight excluding hydrogens is 256 g/mol. The molecule has 0 radical (unpaired) electrons. The standard InChI is InChI=1S/C15H16N2O3/c18-15(17-12-5-8-19-9-6-12)13-4-3-11(10-16-13)14-2-1-7-20-14/h1-4,7,10,12H,5-6,8-9H2,(H,17,18). The third kappa shape index (κ3) is 2.88. The Morgan fingerprint density at radius 1 is 1.25 bits per heavy atom. The van der Waals surface area contributed by atoms with Crippen molar-refractivity contribution in [3.8, 4) is 11.3 Å². The summed E-state index contributed by atoms with van der Waals surface area (Å²) in [6, 6.07) is 7.42. The van der Waals surface area contributed by atoms with Gasteiger partial charge < -0.3 is 14.5 Å². The number of ether oxygens (including phenoxy) is 1. The highest BCUT2D eigenvalue weighted by molar-refractivity contribution is 5.92. The van der Waals surface area contributed by atoms with E-state index in [4.69, 9.17) is 9.15 Å². The normalized spacial score (nSPS) is 16.0. The number of hydrogen-bond acceptors (Lipinski definition) is 4. The van der Waals surface area contributed by atoms with Crippen LogP contribution in [0.4, 0.5) is 0 Å². The van der Waals surface area contributed by atoms with E-state index in [1.165, 1.54) is 0 Å². The van der Waals surface area contributed by atoms with Gasteiger partial charge in [0.15, 0.2) is 0 Å². The Bertz CT molecular complexity index is 557. The molecule has 0 atom stereocenters. The van der Waals surface area contributed by atoms with Crippen molar-refractivity contribution < 1.29 is 13.9 Å². The smallest absolute Gasteiger partial charge is 0.270 e. The fourth-order valence-corrected chi connectivity index (χ4v) is 2.22. The Morgan fingerprint density at radius 2 is 2.10 bits per heavy atom. The van der Waals surface area contributed by atoms with E-state index in [0.29, 0.717) is 18.9 Å². The molecule has 3 rings (SSSR count). The van der Waals surface area contributed by atoms with Crippen LogP contribution in [-0.4, -0.2) is 30.1 Å². The van der Waals surface area contributed by atoms with Gasteiger partial charge in [-0.05, 0) is 37.1 Å². The summed E-state index contributed by atoms with van der Waals surface area (Å²) in [5.41, 5.74) is 1.28. The summed E-state index contributed by atoms with van der Waals surface area (Å²) in [5, 5.41) is 2.98. The second-order valence-corrected chi connectivity index (χ2v) is 4.77. The quantitative estimate of drug-likeness (QED) is 0.930. The SMILES string of the molecule is O=C(NC1CCOCC1)c1ccc(-c2ccco2)cn1. The summed E-state index contributed by atoms with van der Waals surface area (Å²) in [4.78, 5) is 16.3. The molecule has 0 aliphatic carbocycles. The zero-order valence-electron chi connectivity index (χ0n) is 11.0. The fraction of sp³-hybridized carbons (Fsp3) is 0.333. The molecule has 5 heteroatoms. The van der Waals surface area contributed by atoms with Gasteiger partial charge in [-0.1, -0.05) is 0 Å². The molecule has 0 unspecified atom stereocenters. The minimum Gasteiger partial charge on any atom is -0.464 e. The molecule has 1 aliphatic heterocycles. The lowest BCUT2D eigenvalue weighted by molar-refractivity contribution is 0.0694. The Hall–Kier alpha value is -2.14. The molecule has 1 aliphatic rings. The van der Waals surface area contributed by atoms with Crippen molar-refractivity contribution in [2.24, 2.45) is 0 Å². The van der Waals surface area contributed by atoms with Crippen molar-refractivity contribution in [3.05, 3.63) is 42.4 Å². The topological polar surface area (TPSA) is 64.4 Å². The van der Waals surface area contributed by atoms with Gasteiger partial charge in [-0.3, -0.25) is 9.78 Å². The fourth-order valence-electron chi connectivity index (χ4n) is 2.22. The third-order valence-corrected chi connectivity index (χ3v) is 3.36. The average molecular weight is 272 g/mol. The number of amides is 1. The van der Waals surface area contributed by atoms with E-state index in [2.05, 4.69) is 10.3 Å². The molecule has 5 nitrogen and oxygen atoms in total. The van der Waals surface area contributed by atoms with Crippen LogP contribution >= 0.6 is 0 Å². The van der Waals surface area contributed by atoms with Crippen LogP contribution < -0.4 is 5.32 Å². The molecule has 1 fully saturated rings. The lowest BCUT2D eigenvalue weighted by atomic mass is 10.1. The number of pyridine rings is 1. The number of aromatic nitrogens is 1. The van der Waals surface area contributed by atoms with Gasteiger partial charge in [-0.15, -0.1) is 0 Å². The molecule has 0 saturated carbocycles. The molecule has 0 aromatic carbocycles. The van der Waals surface area contributed by atoms with Crippen LogP contribution in [0.1, 0.15) is 23.3 Å². The monoisotopic (exact) mass is 272 g/mol. The van der Waals surface area contributed by atoms with Gasteiger partial charge >= 0.3 is 0 Å². The molecule has 20 heavy (non-hydrogen) atoms. The third-order valence-electron chi connectivity index (χ3n) is 3.36. The maximum absolute atomic E-state index is 12.1. The first kappa shape index (κ1) is 12.9. The highest BCUT2D eigenvalue weighted by Crippen LogP contribution is 2.18. The van der Waals surface area contributed by atoms with Crippen molar-refractivity contribution in [1.82, 2.24) is 10.3 Å². The Labute approximate surface area is 117 Å². The van der Waals surface area contributed by atoms with Crippen molar-refractivity contribution >= 4 is 5.91 Å². The summed E-state index contributed by atoms with van der Waals surface area (Å²) in [6.45, 7) is 1.41. The molecule has 0 spiro atoms. The molecule has 2 aromatic rings. The van der Waals surface area contributed by atoms with Crippen LogP contribution in [0.2, 0.25) is 0 Å². The number of rotatable bonds is 3. The van der Waals surface area contributed by atoms with Crippen molar-refractivity contribution in [2.45, 2.75) is 18.9 Å². The zero-order chi connectivity index (χ0) is 13.8. The molecule has 1 amide bonds. The molecule has 1 N–H and O–H groups in total. The largest absolute Gasteiger partial charge is 0.464 e. The number of nitrogens with one attached hydrogen (secondary N) is 1. The summed E-state index contributed by atoms with van der Waals surface area (Å²) < 4.78 is 10.6. The Balaban J connectivity index is 1.66. The molecular formula is C15H16N2O3. The first-order chi connectivity index (χ1) is 9.83. The highest BCUT2D eigenvalue weighted by Gasteiger charge is 2.17. The summed E-state index contributed by atoms with van der Waals surface area (Å²) in [7, 11) is 0. The van der Waals surface area contributed by atoms with Gasteiger partial charge in [0.05, 0.1) is 6.26 Å². The summed E-state index contributed by atoms with van der Waals surface area (Å²) in [6.07, 6.45) is 4.98. The molecule has 104 valence electrons. The van der Waals surface area contributed by atoms with E-state index < -0.39 is 0 Å². The minimum atomic E-state index is -0.136. The van der Waals surface area contributed by atoms with E-state index in [0.717, 1.165) is 24.2 Å². The molecule has 3 heterocycles. The molecule has 1 saturated heterocycles. The maximum Gasteiger partial charge on any atom is 0.270 e. The summed E-state index contributed by atoms with van der Waals surface area (Å²) in [5.74, 6) is 0.608. The van der Waals surface area contributed by atoms with Gasteiger partial charge in [0.25, 0.3) is 5.91 Å². The van der Waals surface area contributed by atoms with Crippen LogP contribution in [0, 0.1) is 0 Å². The molecule has 0 bridgehead atoms. The van der Waals surface area contributed by atoms with Crippen LogP contribution in [0.25, 0.3) is 11.3 Å². The van der Waals surface area contributed by atoms with Crippen molar-refractivity contribution in [3.63, 3.8) is 0 Å². The van der Waals surface area contributed by atoms with Crippen LogP contribution in [-0.2, 0) is 4.74 Å². The van der Waals surface area contributed by atoms with E-state index in [-0.39, 0.29) is 11.9 Å². The van der Waals surface area contributed by atoms with Crippen LogP contribution in [0.3, 0.4) is 0 Å². The first-order valence-corrected chi connectivity index (χ1v) is 6.71. The predicted molar refractivity (Wildman–Crippen MR) is 73.2 cm³/mol. The Kier molecular flexibility index (Phi) is 3.78. The number of furan rings is 1. The summed E-state index contributed by atoms with van der Waals surface area (Å²) >= 11 is 0. The van der Waals surface area contributed by atoms with Crippen molar-refractivity contribution in [2.75, 3.05) is 13.2 Å².